The van der Waals surface area contributed by atoms with Crippen LogP contribution >= 0.6 is 0 Å². The van der Waals surface area contributed by atoms with E-state index in [1.54, 1.807) is 25.4 Å². The maximum Gasteiger partial charge on any atom is 0.326 e. The van der Waals surface area contributed by atoms with Gasteiger partial charge >= 0.3 is 6.17 Å². The number of pyridine rings is 1. The summed E-state index contributed by atoms with van der Waals surface area (Å²) in [6, 6.07) is 14.6. The molecule has 2 aromatic carbocycles. The molecule has 6 bridgehead atoms. The second-order valence-electron chi connectivity index (χ2n) is 13.7. The normalized spacial score (nSPS) is 20.4. The van der Waals surface area contributed by atoms with Gasteiger partial charge in [-0.3, -0.25) is 19.6 Å². The molecule has 1 fully saturated rings. The molecule has 0 radical (unpaired) electrons. The number of aromatic hydroxyl groups is 1. The predicted molar refractivity (Wildman–Crippen MR) is 185 cm³/mol. The fourth-order valence-corrected chi connectivity index (χ4v) is 7.09. The lowest BCUT2D eigenvalue weighted by Gasteiger charge is -2.31. The summed E-state index contributed by atoms with van der Waals surface area (Å²) in [7, 11) is 1.68. The standard InChI is InChI=1S/C37H44N6O6/c1-6-41-32-12-11-25-19-29(32)30(35(41)28-9-7-13-38-34(28)23(2)48-5)20-37(3,4)21-49-43(47)33-10-8-14-42(40-33)36(46)31(39-22-44)17-24-15-26(25)18-27(45)16-24/h7,9,11-13,15-16,18-19,22-23,31,33,40H,6,8,10,14,17,20-21H2,1-5H3,(H-,39,44,45)/p+1/t23-,31-,33+/m0/s1. The number of hydrazine groups is 1. The van der Waals surface area contributed by atoms with Crippen molar-refractivity contribution in [3.05, 3.63) is 76.5 Å². The molecule has 0 unspecified atom stereocenters. The fourth-order valence-electron chi connectivity index (χ4n) is 7.09. The average Bonchev–Trinajstić information content (AvgIpc) is 3.40. The number of aryl methyl sites for hydroxylation is 1. The summed E-state index contributed by atoms with van der Waals surface area (Å²) in [5.74, 6) is -0.329. The highest BCUT2D eigenvalue weighted by Crippen LogP contribution is 2.42. The maximum absolute atomic E-state index is 13.6. The van der Waals surface area contributed by atoms with Crippen molar-refractivity contribution in [1.82, 2.24) is 25.3 Å². The molecule has 2 aliphatic heterocycles. The lowest BCUT2D eigenvalue weighted by atomic mass is 9.84. The number of fused-ring (bicyclic) bond motifs is 6. The first-order valence-electron chi connectivity index (χ1n) is 16.9. The Morgan fingerprint density at radius 3 is 2.80 bits per heavy atom. The highest BCUT2D eigenvalue weighted by molar-refractivity contribution is 5.95. The Morgan fingerprint density at radius 2 is 2.04 bits per heavy atom. The molecule has 0 aliphatic carbocycles. The lowest BCUT2D eigenvalue weighted by Crippen LogP contribution is -2.60. The van der Waals surface area contributed by atoms with E-state index in [2.05, 4.69) is 54.3 Å². The van der Waals surface area contributed by atoms with E-state index in [9.17, 15) is 19.6 Å². The van der Waals surface area contributed by atoms with Crippen LogP contribution in [0.25, 0.3) is 33.3 Å². The fraction of sp³-hybridized carbons (Fsp3) is 0.432. The smallest absolute Gasteiger partial charge is 0.326 e. The number of carbonyl (C=O) groups excluding carboxylic acids is 2. The Kier molecular flexibility index (Phi) is 9.71. The number of rotatable bonds is 6. The van der Waals surface area contributed by atoms with E-state index in [0.29, 0.717) is 49.2 Å². The van der Waals surface area contributed by atoms with Crippen LogP contribution in [0.1, 0.15) is 63.5 Å². The van der Waals surface area contributed by atoms with Crippen LogP contribution in [0.3, 0.4) is 0 Å². The van der Waals surface area contributed by atoms with Gasteiger partial charge in [-0.15, -0.1) is 0 Å². The Balaban J connectivity index is 1.57. The van der Waals surface area contributed by atoms with Gasteiger partial charge in [0.15, 0.2) is 6.61 Å². The molecule has 4 aromatic rings. The van der Waals surface area contributed by atoms with Crippen molar-refractivity contribution in [3.8, 4) is 28.1 Å². The number of aromatic nitrogens is 2. The number of methoxy groups -OCH3 is 1. The molecular formula is C37H45N6O6+. The van der Waals surface area contributed by atoms with E-state index >= 15 is 0 Å². The first-order valence-corrected chi connectivity index (χ1v) is 16.9. The SMILES string of the molecule is CCn1c(-c2cccnc2[C@H](C)OC)c2c3cc(ccc31)-c1cc(O)cc(c1)C[C@H](NC=O)C(=O)N1CCC[C@H](N1)[N+](=O)OCC(C)(C)C2. The zero-order chi connectivity index (χ0) is 34.9. The summed E-state index contributed by atoms with van der Waals surface area (Å²) >= 11 is 0. The molecule has 12 nitrogen and oxygen atoms in total. The van der Waals surface area contributed by atoms with Gasteiger partial charge in [0.2, 0.25) is 11.3 Å². The maximum atomic E-state index is 13.6. The third-order valence-electron chi connectivity index (χ3n) is 9.56. The number of hydrogen-bond donors (Lipinski definition) is 3. The highest BCUT2D eigenvalue weighted by atomic mass is 16.8. The zero-order valence-electron chi connectivity index (χ0n) is 28.7. The number of amides is 2. The van der Waals surface area contributed by atoms with E-state index < -0.39 is 17.6 Å². The number of carbonyl (C=O) groups is 2. The third-order valence-corrected chi connectivity index (χ3v) is 9.56. The first-order chi connectivity index (χ1) is 23.5. The average molecular weight is 670 g/mol. The first kappa shape index (κ1) is 34.1. The van der Waals surface area contributed by atoms with Gasteiger partial charge in [0.05, 0.1) is 22.4 Å². The Bertz CT molecular complexity index is 1890. The van der Waals surface area contributed by atoms with Crippen molar-refractivity contribution in [3.63, 3.8) is 0 Å². The Labute approximate surface area is 285 Å². The van der Waals surface area contributed by atoms with Crippen LogP contribution in [0.2, 0.25) is 0 Å². The van der Waals surface area contributed by atoms with Gasteiger partial charge in [0.1, 0.15) is 11.8 Å². The van der Waals surface area contributed by atoms with Crippen LogP contribution in [0.4, 0.5) is 0 Å². The molecule has 3 N–H and O–H groups in total. The molecule has 0 saturated carbocycles. The topological polar surface area (TPSA) is 138 Å². The van der Waals surface area contributed by atoms with Crippen LogP contribution in [-0.4, -0.2) is 69.4 Å². The second-order valence-corrected chi connectivity index (χ2v) is 13.7. The predicted octanol–water partition coefficient (Wildman–Crippen LogP) is 5.21. The molecule has 2 aromatic heterocycles. The number of phenols is 1. The van der Waals surface area contributed by atoms with Crippen molar-refractivity contribution in [1.29, 1.82) is 0 Å². The largest absolute Gasteiger partial charge is 0.508 e. The van der Waals surface area contributed by atoms with Gasteiger partial charge in [-0.2, -0.15) is 5.43 Å². The van der Waals surface area contributed by atoms with Crippen LogP contribution in [0, 0.1) is 10.3 Å². The van der Waals surface area contributed by atoms with Gasteiger partial charge in [-0.05, 0) is 85.3 Å². The van der Waals surface area contributed by atoms with Crippen LogP contribution < -0.4 is 10.7 Å². The Morgan fingerprint density at radius 1 is 1.22 bits per heavy atom. The minimum atomic E-state index is -0.921. The highest BCUT2D eigenvalue weighted by Gasteiger charge is 2.39. The molecule has 3 atom stereocenters. The monoisotopic (exact) mass is 669 g/mol. The second kappa shape index (κ2) is 14.0. The number of ether oxygens (including phenoxy) is 1. The van der Waals surface area contributed by atoms with E-state index in [4.69, 9.17) is 14.6 Å². The van der Waals surface area contributed by atoms with Crippen molar-refractivity contribution in [2.45, 2.75) is 78.2 Å². The molecule has 49 heavy (non-hydrogen) atoms. The molecular weight excluding hydrogens is 624 g/mol. The molecule has 6 rings (SSSR count). The number of phenolic OH excluding ortho intramolecular Hbond substituents is 1. The van der Waals surface area contributed by atoms with Gasteiger partial charge in [-0.1, -0.05) is 26.0 Å². The van der Waals surface area contributed by atoms with E-state index in [0.717, 1.165) is 44.5 Å². The van der Waals surface area contributed by atoms with Gasteiger partial charge in [0, 0.05) is 61.1 Å². The minimum Gasteiger partial charge on any atom is -0.508 e. The van der Waals surface area contributed by atoms with Gasteiger partial charge < -0.3 is 19.7 Å². The quantitative estimate of drug-likeness (QED) is 0.238. The van der Waals surface area contributed by atoms with Crippen LogP contribution in [-0.2, 0) is 38.5 Å². The number of nitrogens with one attached hydrogen (secondary N) is 2. The van der Waals surface area contributed by atoms with Crippen molar-refractivity contribution in [2.24, 2.45) is 5.41 Å². The third kappa shape index (κ3) is 6.88. The van der Waals surface area contributed by atoms with Gasteiger partial charge in [0.25, 0.3) is 5.91 Å². The molecule has 258 valence electrons. The Hall–Kier alpha value is -4.81. The molecule has 2 aliphatic rings. The molecule has 2 amide bonds. The van der Waals surface area contributed by atoms with E-state index in [1.807, 2.05) is 25.1 Å². The molecule has 4 heterocycles. The lowest BCUT2D eigenvalue weighted by molar-refractivity contribution is -0.835. The minimum absolute atomic E-state index is 0.0522. The molecule has 1 saturated heterocycles. The summed E-state index contributed by atoms with van der Waals surface area (Å²) < 4.78 is 8.05. The summed E-state index contributed by atoms with van der Waals surface area (Å²) in [6.45, 7) is 9.45. The van der Waals surface area contributed by atoms with Crippen molar-refractivity contribution >= 4 is 23.2 Å². The summed E-state index contributed by atoms with van der Waals surface area (Å²) in [5.41, 5.74) is 9.83. The van der Waals surface area contributed by atoms with Crippen molar-refractivity contribution < 1.29 is 29.2 Å². The number of benzene rings is 2. The number of hydrogen-bond acceptors (Lipinski definition) is 8. The zero-order valence-corrected chi connectivity index (χ0v) is 28.7. The summed E-state index contributed by atoms with van der Waals surface area (Å²) in [6.07, 6.45) is 3.01. The summed E-state index contributed by atoms with van der Waals surface area (Å²) in [4.78, 5) is 49.8. The molecule has 0 spiro atoms. The molecule has 12 heteroatoms. The van der Waals surface area contributed by atoms with Crippen LogP contribution in [0.5, 0.6) is 5.75 Å². The number of nitrogens with zero attached hydrogens (tertiary/aromatic N) is 4. The van der Waals surface area contributed by atoms with Gasteiger partial charge in [-0.25, -0.2) is 4.84 Å². The van der Waals surface area contributed by atoms with Crippen molar-refractivity contribution in [2.75, 3.05) is 20.3 Å². The summed E-state index contributed by atoms with van der Waals surface area (Å²) in [5, 5.41) is 15.9. The van der Waals surface area contributed by atoms with E-state index in [1.165, 1.54) is 5.01 Å². The van der Waals surface area contributed by atoms with Crippen LogP contribution in [0.15, 0.2) is 54.7 Å². The van der Waals surface area contributed by atoms with E-state index in [-0.39, 0.29) is 30.8 Å².